The average molecular weight is 311 g/mol. The molecule has 2 rings (SSSR count). The Morgan fingerprint density at radius 2 is 1.71 bits per heavy atom. The third kappa shape index (κ3) is 4.79. The molecule has 0 saturated carbocycles. The molecule has 2 aromatic rings. The van der Waals surface area contributed by atoms with Gasteiger partial charge in [-0.2, -0.15) is 24.9 Å². The fourth-order valence-electron chi connectivity index (χ4n) is 1.92. The number of nitrogens with two attached hydrogens (primary N) is 1. The summed E-state index contributed by atoms with van der Waals surface area (Å²) < 4.78 is 38.0. The summed E-state index contributed by atoms with van der Waals surface area (Å²) in [6, 6.07) is 14.7. The molecule has 112 valence electrons. The highest BCUT2D eigenvalue weighted by Gasteiger charge is 2.30. The summed E-state index contributed by atoms with van der Waals surface area (Å²) in [5, 5.41) is 0. The predicted molar refractivity (Wildman–Crippen MR) is 81.0 cm³/mol. The van der Waals surface area contributed by atoms with Crippen LogP contribution in [0.15, 0.2) is 54.6 Å². The average Bonchev–Trinajstić information content (AvgIpc) is 2.47. The lowest BCUT2D eigenvalue weighted by Gasteiger charge is -2.14. The molecule has 0 aliphatic rings. The van der Waals surface area contributed by atoms with Crippen molar-refractivity contribution in [2.24, 2.45) is 5.73 Å². The molecule has 0 saturated heterocycles. The molecule has 2 aromatic carbocycles. The first-order valence-electron chi connectivity index (χ1n) is 6.51. The lowest BCUT2D eigenvalue weighted by atomic mass is 10.1. The minimum Gasteiger partial charge on any atom is -0.323 e. The van der Waals surface area contributed by atoms with Gasteiger partial charge in [0.05, 0.1) is 5.56 Å². The van der Waals surface area contributed by atoms with E-state index in [0.717, 1.165) is 17.9 Å². The molecule has 0 radical (unpaired) electrons. The largest absolute Gasteiger partial charge is 0.416 e. The molecule has 0 spiro atoms. The maximum atomic E-state index is 12.7. The van der Waals surface area contributed by atoms with E-state index < -0.39 is 17.8 Å². The van der Waals surface area contributed by atoms with E-state index in [-0.39, 0.29) is 0 Å². The van der Waals surface area contributed by atoms with Crippen molar-refractivity contribution >= 4 is 11.8 Å². The Bertz CT molecular complexity index is 569. The van der Waals surface area contributed by atoms with Crippen LogP contribution in [0.3, 0.4) is 0 Å². The van der Waals surface area contributed by atoms with Gasteiger partial charge in [-0.1, -0.05) is 42.5 Å². The quantitative estimate of drug-likeness (QED) is 0.870. The van der Waals surface area contributed by atoms with Crippen LogP contribution in [-0.4, -0.2) is 5.75 Å². The van der Waals surface area contributed by atoms with Crippen LogP contribution >= 0.6 is 11.8 Å². The first-order chi connectivity index (χ1) is 9.97. The van der Waals surface area contributed by atoms with Gasteiger partial charge in [0.25, 0.3) is 0 Å². The Labute approximate surface area is 126 Å². The molecule has 0 fully saturated rings. The van der Waals surface area contributed by atoms with Crippen molar-refractivity contribution in [3.8, 4) is 0 Å². The zero-order valence-electron chi connectivity index (χ0n) is 11.3. The zero-order valence-corrected chi connectivity index (χ0v) is 12.1. The van der Waals surface area contributed by atoms with E-state index in [4.69, 9.17) is 5.73 Å². The first kappa shape index (κ1) is 15.9. The van der Waals surface area contributed by atoms with Gasteiger partial charge in [-0.3, -0.25) is 0 Å². The van der Waals surface area contributed by atoms with Crippen LogP contribution in [0.5, 0.6) is 0 Å². The number of hydrogen-bond acceptors (Lipinski definition) is 2. The van der Waals surface area contributed by atoms with Crippen molar-refractivity contribution in [3.05, 3.63) is 71.3 Å². The number of rotatable bonds is 5. The van der Waals surface area contributed by atoms with Crippen LogP contribution in [0.4, 0.5) is 13.2 Å². The third-order valence-corrected chi connectivity index (χ3v) is 4.18. The second kappa shape index (κ2) is 7.00. The molecule has 5 heteroatoms. The molecule has 0 heterocycles. The number of benzene rings is 2. The summed E-state index contributed by atoms with van der Waals surface area (Å²) in [5.74, 6) is 1.38. The Balaban J connectivity index is 1.93. The van der Waals surface area contributed by atoms with E-state index >= 15 is 0 Å². The van der Waals surface area contributed by atoms with Gasteiger partial charge in [0.15, 0.2) is 0 Å². The maximum absolute atomic E-state index is 12.7. The topological polar surface area (TPSA) is 26.0 Å². The van der Waals surface area contributed by atoms with Gasteiger partial charge in [0.2, 0.25) is 0 Å². The summed E-state index contributed by atoms with van der Waals surface area (Å²) in [6.07, 6.45) is -4.33. The Morgan fingerprint density at radius 1 is 1.00 bits per heavy atom. The molecule has 0 bridgehead atoms. The summed E-state index contributed by atoms with van der Waals surface area (Å²) in [6.45, 7) is 0. The summed E-state index contributed by atoms with van der Waals surface area (Å²) in [4.78, 5) is 0. The highest BCUT2D eigenvalue weighted by Crippen LogP contribution is 2.31. The predicted octanol–water partition coefficient (Wildman–Crippen LogP) is 4.64. The van der Waals surface area contributed by atoms with Crippen molar-refractivity contribution in [2.45, 2.75) is 18.0 Å². The second-order valence-corrected chi connectivity index (χ2v) is 5.76. The molecule has 0 aromatic heterocycles. The monoisotopic (exact) mass is 311 g/mol. The van der Waals surface area contributed by atoms with Crippen LogP contribution in [0.1, 0.15) is 22.7 Å². The molecule has 1 nitrogen and oxygen atoms in total. The van der Waals surface area contributed by atoms with E-state index in [1.165, 1.54) is 11.6 Å². The number of halogens is 3. The van der Waals surface area contributed by atoms with Gasteiger partial charge in [-0.25, -0.2) is 0 Å². The van der Waals surface area contributed by atoms with Crippen LogP contribution in [0.25, 0.3) is 0 Å². The minimum atomic E-state index is -4.33. The maximum Gasteiger partial charge on any atom is 0.416 e. The van der Waals surface area contributed by atoms with E-state index in [0.29, 0.717) is 11.3 Å². The van der Waals surface area contributed by atoms with Crippen LogP contribution in [-0.2, 0) is 11.9 Å². The zero-order chi connectivity index (χ0) is 15.3. The van der Waals surface area contributed by atoms with E-state index in [1.54, 1.807) is 17.8 Å². The molecule has 21 heavy (non-hydrogen) atoms. The minimum absolute atomic E-state index is 0.402. The molecule has 1 unspecified atom stereocenters. The molecule has 0 aliphatic heterocycles. The van der Waals surface area contributed by atoms with Gasteiger partial charge >= 0.3 is 6.18 Å². The van der Waals surface area contributed by atoms with Crippen molar-refractivity contribution in [3.63, 3.8) is 0 Å². The van der Waals surface area contributed by atoms with Gasteiger partial charge in [0.1, 0.15) is 0 Å². The van der Waals surface area contributed by atoms with Gasteiger partial charge in [-0.15, -0.1) is 0 Å². The van der Waals surface area contributed by atoms with E-state index in [1.807, 2.05) is 30.3 Å². The van der Waals surface area contributed by atoms with Crippen molar-refractivity contribution in [1.29, 1.82) is 0 Å². The molecule has 0 amide bonds. The normalized spacial score (nSPS) is 13.1. The van der Waals surface area contributed by atoms with Crippen molar-refractivity contribution in [2.75, 3.05) is 5.75 Å². The molecule has 2 N–H and O–H groups in total. The molecular formula is C16H16F3NS. The molecule has 0 aliphatic carbocycles. The number of alkyl halides is 3. The van der Waals surface area contributed by atoms with E-state index in [9.17, 15) is 13.2 Å². The third-order valence-electron chi connectivity index (χ3n) is 3.05. The molecule has 1 atom stereocenters. The standard InChI is InChI=1S/C16H16F3NS/c17-16(18,19)14-8-4-7-13(9-14)15(20)11-21-10-12-5-2-1-3-6-12/h1-9,15H,10-11,20H2. The smallest absolute Gasteiger partial charge is 0.323 e. The summed E-state index contributed by atoms with van der Waals surface area (Å²) >= 11 is 1.62. The highest BCUT2D eigenvalue weighted by atomic mass is 32.2. The summed E-state index contributed by atoms with van der Waals surface area (Å²) in [7, 11) is 0. The Kier molecular flexibility index (Phi) is 5.31. The van der Waals surface area contributed by atoms with Crippen molar-refractivity contribution < 1.29 is 13.2 Å². The molecular weight excluding hydrogens is 295 g/mol. The fraction of sp³-hybridized carbons (Fsp3) is 0.250. The lowest BCUT2D eigenvalue weighted by Crippen LogP contribution is -2.14. The number of hydrogen-bond donors (Lipinski definition) is 1. The van der Waals surface area contributed by atoms with Crippen molar-refractivity contribution in [1.82, 2.24) is 0 Å². The second-order valence-electron chi connectivity index (χ2n) is 4.73. The van der Waals surface area contributed by atoms with Gasteiger partial charge in [-0.05, 0) is 23.3 Å². The Hall–Kier alpha value is -1.46. The SMILES string of the molecule is NC(CSCc1ccccc1)c1cccc(C(F)(F)F)c1. The fourth-order valence-corrected chi connectivity index (χ4v) is 2.91. The first-order valence-corrected chi connectivity index (χ1v) is 7.66. The van der Waals surface area contributed by atoms with Crippen LogP contribution < -0.4 is 5.73 Å². The van der Waals surface area contributed by atoms with Crippen LogP contribution in [0.2, 0.25) is 0 Å². The van der Waals surface area contributed by atoms with Gasteiger partial charge < -0.3 is 5.73 Å². The summed E-state index contributed by atoms with van der Waals surface area (Å²) in [5.41, 5.74) is 7.03. The highest BCUT2D eigenvalue weighted by molar-refractivity contribution is 7.98. The lowest BCUT2D eigenvalue weighted by molar-refractivity contribution is -0.137. The van der Waals surface area contributed by atoms with Crippen LogP contribution in [0, 0.1) is 0 Å². The number of thioether (sulfide) groups is 1. The van der Waals surface area contributed by atoms with E-state index in [2.05, 4.69) is 0 Å². The Morgan fingerprint density at radius 3 is 2.38 bits per heavy atom. The van der Waals surface area contributed by atoms with Gasteiger partial charge in [0, 0.05) is 17.5 Å².